The third kappa shape index (κ3) is 3.41. The standard InChI is InChI=1S/C9H8N2O2.N2/c1-7(6-10)8-2-4-9(5-3-8)11(12)13;1-2/h2-5,7H,1H3;. The van der Waals surface area contributed by atoms with Gasteiger partial charge in [0, 0.05) is 22.9 Å². The predicted octanol–water partition coefficient (Wildman–Crippen LogP) is 2.25. The summed E-state index contributed by atoms with van der Waals surface area (Å²) >= 11 is 0. The third-order valence-corrected chi connectivity index (χ3v) is 1.80. The fraction of sp³-hybridized carbons (Fsp3) is 0.222. The van der Waals surface area contributed by atoms with Gasteiger partial charge in [-0.05, 0) is 12.5 Å². The highest BCUT2D eigenvalue weighted by Gasteiger charge is 2.07. The molecule has 15 heavy (non-hydrogen) atoms. The molecule has 76 valence electrons. The van der Waals surface area contributed by atoms with Crippen LogP contribution < -0.4 is 0 Å². The monoisotopic (exact) mass is 204 g/mol. The fourth-order valence-corrected chi connectivity index (χ4v) is 0.959. The van der Waals surface area contributed by atoms with E-state index in [2.05, 4.69) is 6.07 Å². The number of benzene rings is 1. The molecule has 6 nitrogen and oxygen atoms in total. The first kappa shape index (κ1) is 12.5. The van der Waals surface area contributed by atoms with Crippen molar-refractivity contribution in [2.75, 3.05) is 0 Å². The smallest absolute Gasteiger partial charge is 0.258 e. The summed E-state index contributed by atoms with van der Waals surface area (Å²) in [5, 5.41) is 30.9. The summed E-state index contributed by atoms with van der Waals surface area (Å²) in [6.45, 7) is 1.75. The number of nitriles is 1. The van der Waals surface area contributed by atoms with Crippen molar-refractivity contribution >= 4 is 5.69 Å². The summed E-state index contributed by atoms with van der Waals surface area (Å²) in [6.07, 6.45) is 0. The van der Waals surface area contributed by atoms with Crippen LogP contribution in [0, 0.1) is 32.2 Å². The summed E-state index contributed by atoms with van der Waals surface area (Å²) in [4.78, 5) is 9.83. The highest BCUT2D eigenvalue weighted by atomic mass is 16.6. The lowest BCUT2D eigenvalue weighted by Crippen LogP contribution is -1.91. The van der Waals surface area contributed by atoms with E-state index in [1.807, 2.05) is 0 Å². The van der Waals surface area contributed by atoms with Crippen molar-refractivity contribution in [3.63, 3.8) is 0 Å². The van der Waals surface area contributed by atoms with E-state index >= 15 is 0 Å². The highest BCUT2D eigenvalue weighted by molar-refractivity contribution is 5.35. The van der Waals surface area contributed by atoms with Gasteiger partial charge in [0.25, 0.3) is 5.69 Å². The Morgan fingerprint density at radius 2 is 1.80 bits per heavy atom. The summed E-state index contributed by atoms with van der Waals surface area (Å²) in [7, 11) is 0. The molecule has 0 fully saturated rings. The maximum Gasteiger partial charge on any atom is 0.269 e. The Hall–Kier alpha value is -2.47. The van der Waals surface area contributed by atoms with Gasteiger partial charge in [0.1, 0.15) is 0 Å². The molecule has 0 bridgehead atoms. The van der Waals surface area contributed by atoms with Crippen LogP contribution in [0.2, 0.25) is 0 Å². The predicted molar refractivity (Wildman–Crippen MR) is 50.6 cm³/mol. The molecule has 0 aliphatic carbocycles. The lowest BCUT2D eigenvalue weighted by atomic mass is 10.0. The van der Waals surface area contributed by atoms with Gasteiger partial charge in [-0.3, -0.25) is 10.1 Å². The normalized spacial score (nSPS) is 10.3. The molecule has 0 saturated heterocycles. The first-order chi connectivity index (χ1) is 7.15. The van der Waals surface area contributed by atoms with Gasteiger partial charge in [0.05, 0.1) is 16.9 Å². The van der Waals surface area contributed by atoms with Gasteiger partial charge in [-0.25, -0.2) is 0 Å². The molecule has 0 heterocycles. The topological polar surface area (TPSA) is 115 Å². The van der Waals surface area contributed by atoms with Crippen LogP contribution in [0.15, 0.2) is 24.3 Å². The number of hydrogen-bond acceptors (Lipinski definition) is 5. The number of nitrogens with zero attached hydrogens (tertiary/aromatic N) is 4. The Kier molecular flexibility index (Phi) is 5.06. The first-order valence-corrected chi connectivity index (χ1v) is 3.99. The summed E-state index contributed by atoms with van der Waals surface area (Å²) in [6, 6.07) is 8.08. The van der Waals surface area contributed by atoms with Crippen LogP contribution in [0.4, 0.5) is 5.69 Å². The zero-order chi connectivity index (χ0) is 11.8. The average Bonchev–Trinajstić information content (AvgIpc) is 2.31. The molecule has 1 aromatic rings. The van der Waals surface area contributed by atoms with E-state index in [0.29, 0.717) is 0 Å². The third-order valence-electron chi connectivity index (χ3n) is 1.80. The van der Waals surface area contributed by atoms with Gasteiger partial charge in [-0.15, -0.1) is 0 Å². The lowest BCUT2D eigenvalue weighted by molar-refractivity contribution is -0.384. The van der Waals surface area contributed by atoms with Gasteiger partial charge < -0.3 is 0 Å². The quantitative estimate of drug-likeness (QED) is 0.416. The maximum absolute atomic E-state index is 10.3. The molecule has 0 amide bonds. The van der Waals surface area contributed by atoms with Crippen molar-refractivity contribution in [3.05, 3.63) is 39.9 Å². The largest absolute Gasteiger partial charge is 0.269 e. The van der Waals surface area contributed by atoms with Gasteiger partial charge in [-0.2, -0.15) is 5.26 Å². The molecular formula is C9H8N4O2. The number of hydrogen-bond donors (Lipinski definition) is 0. The molecule has 0 spiro atoms. The zero-order valence-electron chi connectivity index (χ0n) is 7.99. The molecular weight excluding hydrogens is 196 g/mol. The van der Waals surface area contributed by atoms with Gasteiger partial charge >= 0.3 is 0 Å². The molecule has 1 unspecified atom stereocenters. The second kappa shape index (κ2) is 6.06. The molecule has 0 aromatic heterocycles. The minimum atomic E-state index is -0.458. The molecule has 1 aromatic carbocycles. The molecule has 0 saturated carbocycles. The van der Waals surface area contributed by atoms with Crippen LogP contribution in [0.1, 0.15) is 18.4 Å². The lowest BCUT2D eigenvalue weighted by Gasteiger charge is -2.00. The molecule has 0 aliphatic rings. The van der Waals surface area contributed by atoms with Gasteiger partial charge in [-0.1, -0.05) is 12.1 Å². The van der Waals surface area contributed by atoms with E-state index in [-0.39, 0.29) is 11.6 Å². The van der Waals surface area contributed by atoms with Crippen LogP contribution in [-0.2, 0) is 0 Å². The summed E-state index contributed by atoms with van der Waals surface area (Å²) < 4.78 is 0. The molecule has 0 radical (unpaired) electrons. The van der Waals surface area contributed by atoms with E-state index in [4.69, 9.17) is 16.0 Å². The van der Waals surface area contributed by atoms with Crippen LogP contribution in [-0.4, -0.2) is 4.92 Å². The number of nitro groups is 1. The minimum absolute atomic E-state index is 0.0499. The van der Waals surface area contributed by atoms with Gasteiger partial charge in [0.15, 0.2) is 0 Å². The first-order valence-electron chi connectivity index (χ1n) is 3.99. The molecule has 0 N–H and O–H groups in total. The van der Waals surface area contributed by atoms with Crippen molar-refractivity contribution < 1.29 is 4.92 Å². The second-order valence-corrected chi connectivity index (χ2v) is 2.70. The Balaban J connectivity index is 0.000000921. The van der Waals surface area contributed by atoms with E-state index in [1.54, 1.807) is 19.1 Å². The number of nitro benzene ring substituents is 1. The Bertz CT molecular complexity index is 391. The minimum Gasteiger partial charge on any atom is -0.258 e. The average molecular weight is 204 g/mol. The molecule has 6 heteroatoms. The molecule has 0 aliphatic heterocycles. The zero-order valence-corrected chi connectivity index (χ0v) is 7.99. The van der Waals surface area contributed by atoms with Crippen molar-refractivity contribution in [2.45, 2.75) is 12.8 Å². The Labute approximate surface area is 86.3 Å². The number of non-ortho nitro benzene ring substituents is 1. The van der Waals surface area contributed by atoms with Crippen LogP contribution >= 0.6 is 0 Å². The fourth-order valence-electron chi connectivity index (χ4n) is 0.959. The van der Waals surface area contributed by atoms with Crippen molar-refractivity contribution in [1.82, 2.24) is 0 Å². The van der Waals surface area contributed by atoms with Crippen molar-refractivity contribution in [2.24, 2.45) is 0 Å². The Morgan fingerprint density at radius 1 is 1.33 bits per heavy atom. The second-order valence-electron chi connectivity index (χ2n) is 2.70. The maximum atomic E-state index is 10.3. The van der Waals surface area contributed by atoms with Crippen molar-refractivity contribution in [3.8, 4) is 6.07 Å². The molecule has 1 rings (SSSR count). The Morgan fingerprint density at radius 3 is 2.13 bits per heavy atom. The van der Waals surface area contributed by atoms with E-state index in [9.17, 15) is 10.1 Å². The summed E-state index contributed by atoms with van der Waals surface area (Å²) in [5.41, 5.74) is 0.849. The molecule has 1 atom stereocenters. The SMILES string of the molecule is CC(C#N)c1ccc([N+](=O)[O-])cc1.N#N. The summed E-state index contributed by atoms with van der Waals surface area (Å²) in [5.74, 6) is -0.221. The highest BCUT2D eigenvalue weighted by Crippen LogP contribution is 2.18. The van der Waals surface area contributed by atoms with E-state index in [1.165, 1.54) is 12.1 Å². The van der Waals surface area contributed by atoms with E-state index < -0.39 is 4.92 Å². The van der Waals surface area contributed by atoms with Crippen LogP contribution in [0.3, 0.4) is 0 Å². The van der Waals surface area contributed by atoms with Crippen LogP contribution in [0.25, 0.3) is 0 Å². The number of rotatable bonds is 2. The van der Waals surface area contributed by atoms with E-state index in [0.717, 1.165) is 5.56 Å². The van der Waals surface area contributed by atoms with Crippen LogP contribution in [0.5, 0.6) is 0 Å². The van der Waals surface area contributed by atoms with Crippen molar-refractivity contribution in [1.29, 1.82) is 16.0 Å². The van der Waals surface area contributed by atoms with Gasteiger partial charge in [0.2, 0.25) is 0 Å².